The fraction of sp³-hybridized carbons (Fsp3) is 0.167. The second-order valence-electron chi connectivity index (χ2n) is 3.96. The molecule has 4 nitrogen and oxygen atoms in total. The zero-order valence-electron chi connectivity index (χ0n) is 9.37. The summed E-state index contributed by atoms with van der Waals surface area (Å²) in [6.07, 6.45) is 0. The fourth-order valence-corrected chi connectivity index (χ4v) is 2.83. The Kier molecular flexibility index (Phi) is 2.79. The molecule has 0 bridgehead atoms. The molecule has 2 N–H and O–H groups in total. The number of H-pyrrole nitrogens is 1. The molecule has 0 unspecified atom stereocenters. The van der Waals surface area contributed by atoms with Crippen LogP contribution in [0, 0.1) is 5.82 Å². The van der Waals surface area contributed by atoms with Gasteiger partial charge in [0.05, 0.1) is 5.69 Å². The number of aromatic amines is 1. The van der Waals surface area contributed by atoms with Crippen LogP contribution in [0.15, 0.2) is 29.1 Å². The van der Waals surface area contributed by atoms with E-state index in [-0.39, 0.29) is 11.4 Å². The van der Waals surface area contributed by atoms with Gasteiger partial charge in [0.2, 0.25) is 5.95 Å². The van der Waals surface area contributed by atoms with Crippen LogP contribution >= 0.6 is 11.8 Å². The number of rotatable bonds is 2. The highest BCUT2D eigenvalue weighted by Crippen LogP contribution is 2.26. The normalized spacial score (nSPS) is 13.4. The van der Waals surface area contributed by atoms with Gasteiger partial charge in [0.1, 0.15) is 5.82 Å². The number of hydrogen-bond acceptors (Lipinski definition) is 4. The Balaban J connectivity index is 1.92. The third-order valence-corrected chi connectivity index (χ3v) is 3.66. The van der Waals surface area contributed by atoms with Crippen molar-refractivity contribution in [3.8, 4) is 0 Å². The average Bonchev–Trinajstić information content (AvgIpc) is 2.81. The summed E-state index contributed by atoms with van der Waals surface area (Å²) < 4.78 is 12.8. The molecular formula is C12H10FN3OS. The quantitative estimate of drug-likeness (QED) is 0.873. The molecule has 2 aromatic rings. The number of hydrogen-bond donors (Lipinski definition) is 2. The Labute approximate surface area is 107 Å². The van der Waals surface area contributed by atoms with Crippen molar-refractivity contribution in [2.75, 3.05) is 5.32 Å². The lowest BCUT2D eigenvalue weighted by atomic mass is 10.3. The summed E-state index contributed by atoms with van der Waals surface area (Å²) in [7, 11) is 0. The number of thioether (sulfide) groups is 1. The molecule has 6 heteroatoms. The Morgan fingerprint density at radius 3 is 2.83 bits per heavy atom. The van der Waals surface area contributed by atoms with Gasteiger partial charge in [0.25, 0.3) is 5.56 Å². The third kappa shape index (κ3) is 2.11. The van der Waals surface area contributed by atoms with Crippen molar-refractivity contribution < 1.29 is 4.39 Å². The summed E-state index contributed by atoms with van der Waals surface area (Å²) in [5, 5.41) is 2.96. The first-order chi connectivity index (χ1) is 8.72. The standard InChI is InChI=1S/C12H10FN3OS/c13-7-1-3-8(4-2-7)14-12-15-10-6-18-5-9(10)11(17)16-12/h1-4H,5-6H2,(H2,14,15,16,17). The van der Waals surface area contributed by atoms with E-state index in [1.54, 1.807) is 23.9 Å². The number of nitrogens with zero attached hydrogens (tertiary/aromatic N) is 1. The highest BCUT2D eigenvalue weighted by atomic mass is 32.2. The molecule has 0 amide bonds. The molecule has 0 saturated carbocycles. The van der Waals surface area contributed by atoms with Crippen LogP contribution in [0.4, 0.5) is 16.0 Å². The minimum absolute atomic E-state index is 0.102. The van der Waals surface area contributed by atoms with Gasteiger partial charge in [-0.05, 0) is 24.3 Å². The molecule has 18 heavy (non-hydrogen) atoms. The molecule has 1 aromatic heterocycles. The van der Waals surface area contributed by atoms with Crippen LogP contribution in [0.25, 0.3) is 0 Å². The molecule has 0 radical (unpaired) electrons. The Morgan fingerprint density at radius 2 is 2.06 bits per heavy atom. The first kappa shape index (κ1) is 11.3. The van der Waals surface area contributed by atoms with E-state index < -0.39 is 0 Å². The number of anilines is 2. The molecular weight excluding hydrogens is 253 g/mol. The van der Waals surface area contributed by atoms with Gasteiger partial charge in [0, 0.05) is 22.8 Å². The van der Waals surface area contributed by atoms with E-state index in [0.717, 1.165) is 17.0 Å². The smallest absolute Gasteiger partial charge is 0.256 e. The van der Waals surface area contributed by atoms with Crippen molar-refractivity contribution in [2.45, 2.75) is 11.5 Å². The summed E-state index contributed by atoms with van der Waals surface area (Å²) >= 11 is 1.67. The zero-order valence-corrected chi connectivity index (χ0v) is 10.2. The fourth-order valence-electron chi connectivity index (χ4n) is 1.79. The van der Waals surface area contributed by atoms with E-state index in [9.17, 15) is 9.18 Å². The van der Waals surface area contributed by atoms with Gasteiger partial charge in [-0.2, -0.15) is 11.8 Å². The van der Waals surface area contributed by atoms with E-state index in [1.807, 2.05) is 0 Å². The van der Waals surface area contributed by atoms with Crippen molar-refractivity contribution in [3.63, 3.8) is 0 Å². The van der Waals surface area contributed by atoms with E-state index in [2.05, 4.69) is 15.3 Å². The van der Waals surface area contributed by atoms with Crippen molar-refractivity contribution in [3.05, 3.63) is 51.7 Å². The van der Waals surface area contributed by atoms with Gasteiger partial charge in [-0.3, -0.25) is 9.78 Å². The molecule has 92 valence electrons. The Morgan fingerprint density at radius 1 is 1.28 bits per heavy atom. The first-order valence-corrected chi connectivity index (χ1v) is 6.60. The number of fused-ring (bicyclic) bond motifs is 1. The first-order valence-electron chi connectivity index (χ1n) is 5.45. The average molecular weight is 263 g/mol. The monoisotopic (exact) mass is 263 g/mol. The topological polar surface area (TPSA) is 57.8 Å². The maximum atomic E-state index is 12.8. The predicted molar refractivity (Wildman–Crippen MR) is 69.5 cm³/mol. The minimum Gasteiger partial charge on any atom is -0.326 e. The molecule has 1 aromatic carbocycles. The van der Waals surface area contributed by atoms with Gasteiger partial charge in [-0.25, -0.2) is 9.37 Å². The van der Waals surface area contributed by atoms with Crippen molar-refractivity contribution in [1.82, 2.24) is 9.97 Å². The molecule has 3 rings (SSSR count). The van der Waals surface area contributed by atoms with Crippen LogP contribution < -0.4 is 10.9 Å². The summed E-state index contributed by atoms with van der Waals surface area (Å²) in [6, 6.07) is 5.89. The van der Waals surface area contributed by atoms with Crippen molar-refractivity contribution >= 4 is 23.4 Å². The van der Waals surface area contributed by atoms with E-state index in [0.29, 0.717) is 17.4 Å². The number of nitrogens with one attached hydrogen (secondary N) is 2. The number of halogens is 1. The lowest BCUT2D eigenvalue weighted by Gasteiger charge is -2.06. The van der Waals surface area contributed by atoms with E-state index in [1.165, 1.54) is 12.1 Å². The Bertz CT molecular complexity index is 639. The van der Waals surface area contributed by atoms with Crippen LogP contribution in [0.5, 0.6) is 0 Å². The minimum atomic E-state index is -0.299. The van der Waals surface area contributed by atoms with Gasteiger partial charge >= 0.3 is 0 Å². The molecule has 0 saturated heterocycles. The van der Waals surface area contributed by atoms with Gasteiger partial charge < -0.3 is 5.32 Å². The molecule has 1 aliphatic heterocycles. The summed E-state index contributed by atoms with van der Waals surface area (Å²) in [5.74, 6) is 1.58. The van der Waals surface area contributed by atoms with Crippen LogP contribution in [0.2, 0.25) is 0 Å². The second-order valence-corrected chi connectivity index (χ2v) is 4.95. The second kappa shape index (κ2) is 4.45. The van der Waals surface area contributed by atoms with Gasteiger partial charge in [-0.15, -0.1) is 0 Å². The molecule has 2 heterocycles. The van der Waals surface area contributed by atoms with Crippen molar-refractivity contribution in [1.29, 1.82) is 0 Å². The van der Waals surface area contributed by atoms with E-state index in [4.69, 9.17) is 0 Å². The van der Waals surface area contributed by atoms with Crippen LogP contribution in [-0.4, -0.2) is 9.97 Å². The molecule has 0 atom stereocenters. The maximum Gasteiger partial charge on any atom is 0.256 e. The summed E-state index contributed by atoms with van der Waals surface area (Å²) in [6.45, 7) is 0. The van der Waals surface area contributed by atoms with E-state index >= 15 is 0 Å². The lowest BCUT2D eigenvalue weighted by Crippen LogP contribution is -2.16. The molecule has 0 fully saturated rings. The molecule has 0 spiro atoms. The SMILES string of the molecule is O=c1[nH]c(Nc2ccc(F)cc2)nc2c1CSC2. The highest BCUT2D eigenvalue weighted by Gasteiger charge is 2.17. The highest BCUT2D eigenvalue weighted by molar-refractivity contribution is 7.98. The Hall–Kier alpha value is -1.82. The maximum absolute atomic E-state index is 12.8. The van der Waals surface area contributed by atoms with Crippen molar-refractivity contribution in [2.24, 2.45) is 0 Å². The molecule has 0 aliphatic carbocycles. The predicted octanol–water partition coefficient (Wildman–Crippen LogP) is 2.40. The zero-order chi connectivity index (χ0) is 12.5. The third-order valence-electron chi connectivity index (χ3n) is 2.69. The number of aromatic nitrogens is 2. The van der Waals surface area contributed by atoms with Crippen LogP contribution in [0.3, 0.4) is 0 Å². The largest absolute Gasteiger partial charge is 0.326 e. The summed E-state index contributed by atoms with van der Waals surface area (Å²) in [5.41, 5.74) is 2.16. The van der Waals surface area contributed by atoms with Gasteiger partial charge in [0.15, 0.2) is 0 Å². The van der Waals surface area contributed by atoms with Crippen LogP contribution in [-0.2, 0) is 11.5 Å². The van der Waals surface area contributed by atoms with Gasteiger partial charge in [-0.1, -0.05) is 0 Å². The lowest BCUT2D eigenvalue weighted by molar-refractivity contribution is 0.628. The summed E-state index contributed by atoms with van der Waals surface area (Å²) in [4.78, 5) is 18.8. The van der Waals surface area contributed by atoms with Crippen LogP contribution in [0.1, 0.15) is 11.3 Å². The number of benzene rings is 1. The molecule has 1 aliphatic rings.